The summed E-state index contributed by atoms with van der Waals surface area (Å²) in [6, 6.07) is 5.54. The monoisotopic (exact) mass is 322 g/mol. The van der Waals surface area contributed by atoms with E-state index in [0.29, 0.717) is 11.6 Å². The minimum Gasteiger partial charge on any atom is -0.351 e. The van der Waals surface area contributed by atoms with Gasteiger partial charge in [-0.2, -0.15) is 0 Å². The van der Waals surface area contributed by atoms with Gasteiger partial charge in [0.2, 0.25) is 11.8 Å². The largest absolute Gasteiger partial charge is 0.351 e. The molecule has 1 fully saturated rings. The Hall–Kier alpha value is -1.55. The number of nitrogens with zero attached hydrogens (tertiary/aromatic N) is 1. The van der Waals surface area contributed by atoms with Gasteiger partial charge in [-0.3, -0.25) is 9.59 Å². The molecule has 1 unspecified atom stereocenters. The average Bonchev–Trinajstić information content (AvgIpc) is 2.84. The van der Waals surface area contributed by atoms with E-state index in [0.717, 1.165) is 17.7 Å². The van der Waals surface area contributed by atoms with Crippen molar-refractivity contribution >= 4 is 29.1 Å². The molecule has 1 atom stereocenters. The summed E-state index contributed by atoms with van der Waals surface area (Å²) in [7, 11) is 0. The Morgan fingerprint density at radius 3 is 2.73 bits per heavy atom. The number of anilines is 1. The van der Waals surface area contributed by atoms with Gasteiger partial charge in [-0.1, -0.05) is 24.6 Å². The zero-order chi connectivity index (χ0) is 16.5. The van der Waals surface area contributed by atoms with E-state index in [9.17, 15) is 9.59 Å². The molecule has 2 amide bonds. The van der Waals surface area contributed by atoms with E-state index in [2.05, 4.69) is 5.32 Å². The van der Waals surface area contributed by atoms with Crippen molar-refractivity contribution in [3.05, 3.63) is 28.8 Å². The first-order valence-corrected chi connectivity index (χ1v) is 8.00. The van der Waals surface area contributed by atoms with Crippen LogP contribution in [0.2, 0.25) is 5.02 Å². The number of nitrogens with one attached hydrogen (secondary N) is 1. The van der Waals surface area contributed by atoms with Gasteiger partial charge >= 0.3 is 0 Å². The van der Waals surface area contributed by atoms with Gasteiger partial charge in [0.15, 0.2) is 0 Å². The Balaban J connectivity index is 2.10. The molecule has 4 nitrogen and oxygen atoms in total. The molecule has 1 aliphatic rings. The van der Waals surface area contributed by atoms with Crippen molar-refractivity contribution < 1.29 is 9.59 Å². The summed E-state index contributed by atoms with van der Waals surface area (Å²) in [5.41, 5.74) is 1.47. The number of carbonyl (C=O) groups is 2. The van der Waals surface area contributed by atoms with Gasteiger partial charge in [0, 0.05) is 29.2 Å². The van der Waals surface area contributed by atoms with Crippen LogP contribution in [0.5, 0.6) is 0 Å². The fraction of sp³-hybridized carbons (Fsp3) is 0.529. The van der Waals surface area contributed by atoms with E-state index in [1.54, 1.807) is 11.0 Å². The third-order valence-electron chi connectivity index (χ3n) is 4.31. The van der Waals surface area contributed by atoms with Crippen molar-refractivity contribution in [2.24, 2.45) is 5.92 Å². The number of aryl methyl sites for hydroxylation is 1. The second kappa shape index (κ2) is 6.29. The van der Waals surface area contributed by atoms with Crippen LogP contribution in [0.3, 0.4) is 0 Å². The van der Waals surface area contributed by atoms with E-state index >= 15 is 0 Å². The van der Waals surface area contributed by atoms with Crippen molar-refractivity contribution in [1.82, 2.24) is 5.32 Å². The fourth-order valence-electron chi connectivity index (χ4n) is 2.41. The molecule has 0 spiro atoms. The maximum absolute atomic E-state index is 12.3. The number of hydrogen-bond acceptors (Lipinski definition) is 2. The number of amides is 2. The Bertz CT molecular complexity index is 598. The molecule has 0 saturated carbocycles. The van der Waals surface area contributed by atoms with Crippen LogP contribution in [-0.2, 0) is 9.59 Å². The summed E-state index contributed by atoms with van der Waals surface area (Å²) >= 11 is 6.13. The topological polar surface area (TPSA) is 49.4 Å². The van der Waals surface area contributed by atoms with Crippen molar-refractivity contribution in [3.63, 3.8) is 0 Å². The highest BCUT2D eigenvalue weighted by Crippen LogP contribution is 2.29. The maximum atomic E-state index is 12.3. The molecule has 1 aromatic carbocycles. The smallest absolute Gasteiger partial charge is 0.227 e. The second-order valence-corrected chi connectivity index (χ2v) is 6.97. The first-order valence-electron chi connectivity index (χ1n) is 7.62. The lowest BCUT2D eigenvalue weighted by molar-refractivity contribution is -0.127. The number of rotatable bonds is 4. The normalized spacial score (nSPS) is 18.7. The summed E-state index contributed by atoms with van der Waals surface area (Å²) in [6.45, 7) is 8.32. The van der Waals surface area contributed by atoms with Crippen LogP contribution in [0.1, 0.15) is 39.2 Å². The number of carbonyl (C=O) groups excluding carboxylic acids is 2. The van der Waals surface area contributed by atoms with Gasteiger partial charge in [0.25, 0.3) is 0 Å². The van der Waals surface area contributed by atoms with E-state index in [-0.39, 0.29) is 29.7 Å². The van der Waals surface area contributed by atoms with Crippen molar-refractivity contribution in [2.75, 3.05) is 11.4 Å². The Kier molecular flexibility index (Phi) is 4.81. The Morgan fingerprint density at radius 1 is 1.45 bits per heavy atom. The molecule has 22 heavy (non-hydrogen) atoms. The van der Waals surface area contributed by atoms with Crippen molar-refractivity contribution in [2.45, 2.75) is 46.1 Å². The SMILES string of the molecule is CCC(C)(C)NC(=O)C1CC(=O)N(c2ccc(C)c(Cl)c2)C1. The number of benzene rings is 1. The van der Waals surface area contributed by atoms with Crippen LogP contribution in [0.25, 0.3) is 0 Å². The predicted octanol–water partition coefficient (Wildman–Crippen LogP) is 3.31. The van der Waals surface area contributed by atoms with Crippen LogP contribution < -0.4 is 10.2 Å². The van der Waals surface area contributed by atoms with E-state index < -0.39 is 0 Å². The van der Waals surface area contributed by atoms with Crippen LogP contribution in [-0.4, -0.2) is 23.9 Å². The lowest BCUT2D eigenvalue weighted by Gasteiger charge is -2.26. The highest BCUT2D eigenvalue weighted by atomic mass is 35.5. The summed E-state index contributed by atoms with van der Waals surface area (Å²) in [5.74, 6) is -0.395. The van der Waals surface area contributed by atoms with E-state index in [1.807, 2.05) is 39.8 Å². The average molecular weight is 323 g/mol. The van der Waals surface area contributed by atoms with Crippen LogP contribution in [0.4, 0.5) is 5.69 Å². The van der Waals surface area contributed by atoms with Crippen LogP contribution >= 0.6 is 11.6 Å². The zero-order valence-electron chi connectivity index (χ0n) is 13.6. The molecule has 1 N–H and O–H groups in total. The van der Waals surface area contributed by atoms with Crippen molar-refractivity contribution in [3.8, 4) is 0 Å². The fourth-order valence-corrected chi connectivity index (χ4v) is 2.58. The lowest BCUT2D eigenvalue weighted by Crippen LogP contribution is -2.46. The van der Waals surface area contributed by atoms with E-state index in [4.69, 9.17) is 11.6 Å². The maximum Gasteiger partial charge on any atom is 0.227 e. The Morgan fingerprint density at radius 2 is 2.14 bits per heavy atom. The van der Waals surface area contributed by atoms with Crippen molar-refractivity contribution in [1.29, 1.82) is 0 Å². The number of hydrogen-bond donors (Lipinski definition) is 1. The Labute approximate surface area is 136 Å². The lowest BCUT2D eigenvalue weighted by atomic mass is 9.99. The van der Waals surface area contributed by atoms with Gasteiger partial charge < -0.3 is 10.2 Å². The van der Waals surface area contributed by atoms with Crippen LogP contribution in [0.15, 0.2) is 18.2 Å². The summed E-state index contributed by atoms with van der Waals surface area (Å²) < 4.78 is 0. The minimum absolute atomic E-state index is 0.0330. The molecule has 1 heterocycles. The standard InChI is InChI=1S/C17H23ClN2O2/c1-5-17(3,4)19-16(22)12-8-15(21)20(10-12)13-7-6-11(2)14(18)9-13/h6-7,9,12H,5,8,10H2,1-4H3,(H,19,22). The molecule has 2 rings (SSSR count). The van der Waals surface area contributed by atoms with Gasteiger partial charge in [0.1, 0.15) is 0 Å². The first-order chi connectivity index (χ1) is 10.2. The van der Waals surface area contributed by atoms with Gasteiger partial charge in [-0.05, 0) is 44.9 Å². The molecule has 0 aliphatic carbocycles. The molecule has 1 aliphatic heterocycles. The van der Waals surface area contributed by atoms with Gasteiger partial charge in [-0.25, -0.2) is 0 Å². The zero-order valence-corrected chi connectivity index (χ0v) is 14.3. The molecule has 1 saturated heterocycles. The molecule has 0 aromatic heterocycles. The van der Waals surface area contributed by atoms with Gasteiger partial charge in [0.05, 0.1) is 5.92 Å². The molecule has 5 heteroatoms. The first kappa shape index (κ1) is 16.8. The summed E-state index contributed by atoms with van der Waals surface area (Å²) in [4.78, 5) is 26.2. The molecular weight excluding hydrogens is 300 g/mol. The van der Waals surface area contributed by atoms with Crippen LogP contribution in [0, 0.1) is 12.8 Å². The molecule has 120 valence electrons. The third kappa shape index (κ3) is 3.61. The number of halogens is 1. The summed E-state index contributed by atoms with van der Waals surface area (Å²) in [5, 5.41) is 3.65. The molecule has 0 bridgehead atoms. The molecule has 1 aromatic rings. The molecule has 0 radical (unpaired) electrons. The third-order valence-corrected chi connectivity index (χ3v) is 4.72. The highest BCUT2D eigenvalue weighted by Gasteiger charge is 2.36. The molecular formula is C17H23ClN2O2. The minimum atomic E-state index is -0.307. The second-order valence-electron chi connectivity index (χ2n) is 6.57. The highest BCUT2D eigenvalue weighted by molar-refractivity contribution is 6.31. The predicted molar refractivity (Wildman–Crippen MR) is 89.2 cm³/mol. The van der Waals surface area contributed by atoms with Gasteiger partial charge in [-0.15, -0.1) is 0 Å². The quantitative estimate of drug-likeness (QED) is 0.924. The summed E-state index contributed by atoms with van der Waals surface area (Å²) in [6.07, 6.45) is 1.09. The van der Waals surface area contributed by atoms with E-state index in [1.165, 1.54) is 0 Å².